The van der Waals surface area contributed by atoms with Crippen LogP contribution < -0.4 is 21.1 Å². The van der Waals surface area contributed by atoms with Crippen LogP contribution in [0.5, 0.6) is 5.75 Å². The molecule has 47 heavy (non-hydrogen) atoms. The van der Waals surface area contributed by atoms with Crippen molar-refractivity contribution < 1.29 is 51.0 Å². The van der Waals surface area contributed by atoms with Crippen molar-refractivity contribution in [3.8, 4) is 5.75 Å². The second kappa shape index (κ2) is 14.0. The monoisotopic (exact) mass is 674 g/mol. The fourth-order valence-electron chi connectivity index (χ4n) is 5.43. The number of nitrogens with zero attached hydrogens (tertiary/aromatic N) is 1. The zero-order valence-corrected chi connectivity index (χ0v) is 26.3. The summed E-state index contributed by atoms with van der Waals surface area (Å²) >= 11 is 0. The standard InChI is InChI=1S/C31H32F2N4O9S/c1-4-47(43,44)25-10-7-18(36-31(42)46-3)15-21(25)27-19(30(40)41)11-12-37(27)29(39)26(16-5-8-23(33)24(13-16)45-2)35-17-6-9-22(32)20(14-17)28(34)38/h5-10,13-15,19,26-27,35H,4,11-12H2,1-3H3,(H2,34,38)(H,36,42)(H,40,41)/t19?,26-,27?/m0/s1. The fraction of sp³-hybridized carbons (Fsp3) is 0.290. The van der Waals surface area contributed by atoms with Gasteiger partial charge in [0.25, 0.3) is 5.91 Å². The largest absolute Gasteiger partial charge is 0.494 e. The first-order valence-corrected chi connectivity index (χ1v) is 15.8. The van der Waals surface area contributed by atoms with Gasteiger partial charge < -0.3 is 30.5 Å². The number of hydrogen-bond acceptors (Lipinski definition) is 9. The molecule has 3 aromatic carbocycles. The maximum absolute atomic E-state index is 14.5. The number of rotatable bonds is 11. The number of nitrogens with one attached hydrogen (secondary N) is 2. The van der Waals surface area contributed by atoms with Crippen LogP contribution in [0, 0.1) is 17.6 Å². The van der Waals surface area contributed by atoms with Gasteiger partial charge in [0.15, 0.2) is 21.4 Å². The second-order valence-electron chi connectivity index (χ2n) is 10.5. The van der Waals surface area contributed by atoms with E-state index in [-0.39, 0.29) is 51.9 Å². The normalized spacial score (nSPS) is 16.7. The van der Waals surface area contributed by atoms with Gasteiger partial charge in [-0.3, -0.25) is 19.7 Å². The highest BCUT2D eigenvalue weighted by Crippen LogP contribution is 2.43. The Balaban J connectivity index is 1.90. The number of primary amides is 1. The Labute approximate surface area is 268 Å². The lowest BCUT2D eigenvalue weighted by molar-refractivity contribution is -0.143. The molecule has 0 bridgehead atoms. The third-order valence-electron chi connectivity index (χ3n) is 7.77. The number of amides is 3. The van der Waals surface area contributed by atoms with Crippen LogP contribution >= 0.6 is 0 Å². The maximum atomic E-state index is 14.5. The first-order valence-electron chi connectivity index (χ1n) is 14.2. The molecule has 0 radical (unpaired) electrons. The number of carboxylic acids is 1. The Kier molecular flexibility index (Phi) is 10.3. The zero-order chi connectivity index (χ0) is 34.6. The fourth-order valence-corrected chi connectivity index (χ4v) is 6.55. The molecule has 13 nitrogen and oxygen atoms in total. The van der Waals surface area contributed by atoms with Crippen molar-refractivity contribution in [3.05, 3.63) is 82.9 Å². The zero-order valence-electron chi connectivity index (χ0n) is 25.5. The van der Waals surface area contributed by atoms with E-state index in [0.29, 0.717) is 0 Å². The first kappa shape index (κ1) is 34.6. The molecule has 0 aromatic heterocycles. The van der Waals surface area contributed by atoms with E-state index in [4.69, 9.17) is 10.5 Å². The molecule has 2 unspecified atom stereocenters. The quantitative estimate of drug-likeness (QED) is 0.232. The smallest absolute Gasteiger partial charge is 0.411 e. The summed E-state index contributed by atoms with van der Waals surface area (Å²) in [5.74, 6) is -6.68. The van der Waals surface area contributed by atoms with Crippen molar-refractivity contribution in [2.45, 2.75) is 30.3 Å². The molecule has 1 saturated heterocycles. The molecule has 0 spiro atoms. The van der Waals surface area contributed by atoms with E-state index in [0.717, 1.165) is 25.3 Å². The van der Waals surface area contributed by atoms with E-state index in [1.54, 1.807) is 0 Å². The number of sulfone groups is 1. The number of aliphatic carboxylic acids is 1. The minimum atomic E-state index is -4.00. The molecule has 5 N–H and O–H groups in total. The number of hydrogen-bond donors (Lipinski definition) is 4. The first-order chi connectivity index (χ1) is 22.2. The molecule has 0 aliphatic carbocycles. The Hall–Kier alpha value is -5.25. The molecule has 1 aliphatic heterocycles. The molecular weight excluding hydrogens is 642 g/mol. The number of likely N-dealkylation sites (tertiary alicyclic amines) is 1. The van der Waals surface area contributed by atoms with Crippen molar-refractivity contribution in [1.29, 1.82) is 0 Å². The average molecular weight is 675 g/mol. The van der Waals surface area contributed by atoms with Gasteiger partial charge in [-0.05, 0) is 66.1 Å². The Morgan fingerprint density at radius 1 is 1.02 bits per heavy atom. The average Bonchev–Trinajstić information content (AvgIpc) is 3.50. The third-order valence-corrected chi connectivity index (χ3v) is 9.57. The molecule has 16 heteroatoms. The number of carbonyl (C=O) groups excluding carboxylic acids is 3. The maximum Gasteiger partial charge on any atom is 0.411 e. The summed E-state index contributed by atoms with van der Waals surface area (Å²) in [4.78, 5) is 51.8. The van der Waals surface area contributed by atoms with Crippen molar-refractivity contribution in [2.24, 2.45) is 11.7 Å². The molecule has 1 aliphatic rings. The molecule has 250 valence electrons. The Bertz CT molecular complexity index is 1840. The van der Waals surface area contributed by atoms with Crippen LogP contribution in [0.2, 0.25) is 0 Å². The van der Waals surface area contributed by atoms with Gasteiger partial charge in [-0.25, -0.2) is 22.0 Å². The summed E-state index contributed by atoms with van der Waals surface area (Å²) in [5.41, 5.74) is 5.03. The van der Waals surface area contributed by atoms with Crippen LogP contribution in [-0.2, 0) is 24.2 Å². The van der Waals surface area contributed by atoms with Gasteiger partial charge in [-0.15, -0.1) is 0 Å². The van der Waals surface area contributed by atoms with Gasteiger partial charge in [0.2, 0.25) is 5.91 Å². The van der Waals surface area contributed by atoms with Crippen LogP contribution in [0.15, 0.2) is 59.5 Å². The van der Waals surface area contributed by atoms with Crippen LogP contribution in [-0.4, -0.2) is 68.8 Å². The van der Waals surface area contributed by atoms with Gasteiger partial charge in [0.1, 0.15) is 11.9 Å². The number of nitrogens with two attached hydrogens (primary N) is 1. The summed E-state index contributed by atoms with van der Waals surface area (Å²) in [6, 6.07) is 7.83. The number of anilines is 2. The summed E-state index contributed by atoms with van der Waals surface area (Å²) in [6.07, 6.45) is -0.950. The van der Waals surface area contributed by atoms with Gasteiger partial charge >= 0.3 is 12.1 Å². The lowest BCUT2D eigenvalue weighted by Gasteiger charge is -2.33. The second-order valence-corrected chi connectivity index (χ2v) is 12.8. The topological polar surface area (TPSA) is 194 Å². The highest BCUT2D eigenvalue weighted by atomic mass is 32.2. The van der Waals surface area contributed by atoms with Crippen LogP contribution in [0.3, 0.4) is 0 Å². The van der Waals surface area contributed by atoms with Crippen molar-refractivity contribution in [1.82, 2.24) is 4.90 Å². The van der Waals surface area contributed by atoms with Crippen molar-refractivity contribution >= 4 is 45.1 Å². The number of methoxy groups -OCH3 is 2. The molecule has 0 saturated carbocycles. The molecule has 1 fully saturated rings. The van der Waals surface area contributed by atoms with Crippen molar-refractivity contribution in [2.75, 3.05) is 37.2 Å². The summed E-state index contributed by atoms with van der Waals surface area (Å²) in [5, 5.41) is 15.5. The predicted octanol–water partition coefficient (Wildman–Crippen LogP) is 3.87. The predicted molar refractivity (Wildman–Crippen MR) is 165 cm³/mol. The summed E-state index contributed by atoms with van der Waals surface area (Å²) < 4.78 is 64.9. The van der Waals surface area contributed by atoms with Crippen molar-refractivity contribution in [3.63, 3.8) is 0 Å². The van der Waals surface area contributed by atoms with E-state index in [2.05, 4.69) is 15.4 Å². The molecular formula is C31H32F2N4O9S. The number of carbonyl (C=O) groups is 4. The number of benzene rings is 3. The van der Waals surface area contributed by atoms with Gasteiger partial charge in [0.05, 0.1) is 42.4 Å². The molecule has 3 amide bonds. The summed E-state index contributed by atoms with van der Waals surface area (Å²) in [6.45, 7) is 1.25. The Morgan fingerprint density at radius 3 is 2.32 bits per heavy atom. The van der Waals surface area contributed by atoms with E-state index in [1.807, 2.05) is 0 Å². The SMILES string of the molecule is CCS(=O)(=O)c1ccc(NC(=O)OC)cc1C1C(C(=O)O)CCN1C(=O)[C@@H](Nc1ccc(F)c(C(N)=O)c1)c1ccc(F)c(OC)c1. The molecule has 4 rings (SSSR count). The highest BCUT2D eigenvalue weighted by molar-refractivity contribution is 7.91. The van der Waals surface area contributed by atoms with Gasteiger partial charge in [0, 0.05) is 17.9 Å². The number of carboxylic acid groups (broad SMARTS) is 1. The van der Waals surface area contributed by atoms with E-state index >= 15 is 0 Å². The molecule has 3 aromatic rings. The van der Waals surface area contributed by atoms with Gasteiger partial charge in [-0.1, -0.05) is 13.0 Å². The highest BCUT2D eigenvalue weighted by Gasteiger charge is 2.46. The van der Waals surface area contributed by atoms with E-state index in [1.165, 1.54) is 55.3 Å². The van der Waals surface area contributed by atoms with E-state index in [9.17, 15) is 41.5 Å². The molecule has 1 heterocycles. The van der Waals surface area contributed by atoms with Crippen LogP contribution in [0.1, 0.15) is 46.9 Å². The Morgan fingerprint density at radius 2 is 1.70 bits per heavy atom. The number of ether oxygens (including phenoxy) is 2. The molecule has 3 atom stereocenters. The van der Waals surface area contributed by atoms with Crippen LogP contribution in [0.4, 0.5) is 25.0 Å². The summed E-state index contributed by atoms with van der Waals surface area (Å²) in [7, 11) is -1.66. The third kappa shape index (κ3) is 7.27. The number of halogens is 2. The lowest BCUT2D eigenvalue weighted by atomic mass is 9.92. The lowest BCUT2D eigenvalue weighted by Crippen LogP contribution is -2.40. The minimum Gasteiger partial charge on any atom is -0.494 e. The minimum absolute atomic E-state index is 0.0610. The van der Waals surface area contributed by atoms with Crippen LogP contribution in [0.25, 0.3) is 0 Å². The van der Waals surface area contributed by atoms with E-state index < -0.39 is 68.9 Å². The van der Waals surface area contributed by atoms with Gasteiger partial charge in [-0.2, -0.15) is 0 Å².